The summed E-state index contributed by atoms with van der Waals surface area (Å²) < 4.78 is 50.5. The van der Waals surface area contributed by atoms with Crippen LogP contribution in [0.25, 0.3) is 0 Å². The number of hydrogen-bond acceptors (Lipinski definition) is 6. The molecule has 0 aromatic heterocycles. The Bertz CT molecular complexity index is 505. The summed E-state index contributed by atoms with van der Waals surface area (Å²) in [6.07, 6.45) is -5.38. The lowest BCUT2D eigenvalue weighted by molar-refractivity contribution is -0.419. The van der Waals surface area contributed by atoms with E-state index in [1.165, 1.54) is 24.3 Å². The molecule has 0 N–H and O–H groups in total. The fourth-order valence-corrected chi connectivity index (χ4v) is 2.32. The van der Waals surface area contributed by atoms with Crippen molar-refractivity contribution in [1.82, 2.24) is 0 Å². The number of ether oxygens (including phenoxy) is 2. The lowest BCUT2D eigenvalue weighted by Gasteiger charge is -2.27. The summed E-state index contributed by atoms with van der Waals surface area (Å²) in [5.41, 5.74) is -0.175. The van der Waals surface area contributed by atoms with E-state index >= 15 is 0 Å². The van der Waals surface area contributed by atoms with E-state index < -0.39 is 24.5 Å². The van der Waals surface area contributed by atoms with Crippen LogP contribution in [0.2, 0.25) is 0 Å². The SMILES string of the molecule is FC(F)(F)C1(c2ccccc2)OOC(CCCC2OCOO2)O1. The van der Waals surface area contributed by atoms with Gasteiger partial charge in [-0.1, -0.05) is 30.3 Å². The second kappa shape index (κ2) is 6.71. The summed E-state index contributed by atoms with van der Waals surface area (Å²) in [4.78, 5) is 18.7. The molecule has 9 heteroatoms. The van der Waals surface area contributed by atoms with Gasteiger partial charge in [0.1, 0.15) is 0 Å². The largest absolute Gasteiger partial charge is 0.451 e. The number of halogens is 3. The van der Waals surface area contributed by atoms with Crippen molar-refractivity contribution >= 4 is 0 Å². The fraction of sp³-hybridized carbons (Fsp3) is 0.571. The molecule has 6 nitrogen and oxygen atoms in total. The molecule has 0 radical (unpaired) electrons. The Kier molecular flexibility index (Phi) is 4.85. The number of alkyl halides is 3. The van der Waals surface area contributed by atoms with Gasteiger partial charge in [0.05, 0.1) is 0 Å². The molecular weight excluding hydrogens is 321 g/mol. The number of benzene rings is 1. The van der Waals surface area contributed by atoms with Crippen LogP contribution in [0, 0.1) is 0 Å². The predicted octanol–water partition coefficient (Wildman–Crippen LogP) is 3.14. The van der Waals surface area contributed by atoms with E-state index in [2.05, 4.69) is 9.78 Å². The second-order valence-electron chi connectivity index (χ2n) is 5.07. The zero-order valence-electron chi connectivity index (χ0n) is 12.0. The van der Waals surface area contributed by atoms with Crippen LogP contribution in [0.3, 0.4) is 0 Å². The molecule has 2 aliphatic heterocycles. The first-order valence-electron chi connectivity index (χ1n) is 7.06. The van der Waals surface area contributed by atoms with Gasteiger partial charge in [0.15, 0.2) is 19.4 Å². The van der Waals surface area contributed by atoms with Crippen molar-refractivity contribution in [3.8, 4) is 0 Å². The predicted molar refractivity (Wildman–Crippen MR) is 67.0 cm³/mol. The maximum atomic E-state index is 13.5. The summed E-state index contributed by atoms with van der Waals surface area (Å²) in [6, 6.07) is 7.09. The van der Waals surface area contributed by atoms with Gasteiger partial charge >= 0.3 is 12.0 Å². The van der Waals surface area contributed by atoms with Gasteiger partial charge in [0.2, 0.25) is 0 Å². The minimum absolute atomic E-state index is 0.0371. The fourth-order valence-electron chi connectivity index (χ4n) is 2.32. The van der Waals surface area contributed by atoms with Gasteiger partial charge in [0, 0.05) is 18.4 Å². The van der Waals surface area contributed by atoms with E-state index in [0.717, 1.165) is 0 Å². The van der Waals surface area contributed by atoms with Crippen LogP contribution in [0.1, 0.15) is 24.8 Å². The van der Waals surface area contributed by atoms with E-state index in [1.54, 1.807) is 6.07 Å². The van der Waals surface area contributed by atoms with Crippen LogP contribution in [-0.2, 0) is 34.8 Å². The molecule has 0 amide bonds. The van der Waals surface area contributed by atoms with E-state index in [1.807, 2.05) is 0 Å². The molecule has 3 unspecified atom stereocenters. The van der Waals surface area contributed by atoms with Crippen molar-refractivity contribution in [3.05, 3.63) is 35.9 Å². The standard InChI is InChI=1S/C14H15F3O6/c15-14(16,17)13(10-5-2-1-3-6-10)20-12(22-23-13)8-4-7-11-18-9-19-21-11/h1-3,5-6,11-12H,4,7-9H2. The Balaban J connectivity index is 1.62. The average molecular weight is 336 g/mol. The number of rotatable bonds is 5. The molecule has 2 aliphatic rings. The van der Waals surface area contributed by atoms with E-state index in [4.69, 9.17) is 19.2 Å². The molecule has 2 fully saturated rings. The van der Waals surface area contributed by atoms with Crippen LogP contribution in [-0.4, -0.2) is 25.5 Å². The van der Waals surface area contributed by atoms with Crippen LogP contribution >= 0.6 is 0 Å². The van der Waals surface area contributed by atoms with E-state index in [-0.39, 0.29) is 18.8 Å². The first-order chi connectivity index (χ1) is 11.0. The molecule has 2 saturated heterocycles. The van der Waals surface area contributed by atoms with Crippen molar-refractivity contribution in [2.75, 3.05) is 6.79 Å². The third kappa shape index (κ3) is 3.49. The van der Waals surface area contributed by atoms with Gasteiger partial charge in [-0.2, -0.15) is 18.1 Å². The summed E-state index contributed by atoms with van der Waals surface area (Å²) >= 11 is 0. The topological polar surface area (TPSA) is 55.4 Å². The molecule has 0 bridgehead atoms. The Morgan fingerprint density at radius 2 is 1.78 bits per heavy atom. The maximum absolute atomic E-state index is 13.5. The van der Waals surface area contributed by atoms with Crippen molar-refractivity contribution in [2.24, 2.45) is 0 Å². The monoisotopic (exact) mass is 336 g/mol. The molecule has 2 heterocycles. The lowest BCUT2D eigenvalue weighted by atomic mass is 10.1. The average Bonchev–Trinajstić information content (AvgIpc) is 3.18. The molecule has 1 aromatic rings. The first kappa shape index (κ1) is 16.6. The Morgan fingerprint density at radius 1 is 1.04 bits per heavy atom. The molecule has 128 valence electrons. The third-order valence-electron chi connectivity index (χ3n) is 3.45. The lowest BCUT2D eigenvalue weighted by Crippen LogP contribution is -2.43. The maximum Gasteiger partial charge on any atom is 0.451 e. The van der Waals surface area contributed by atoms with Crippen molar-refractivity contribution in [2.45, 2.75) is 43.8 Å². The van der Waals surface area contributed by atoms with E-state index in [9.17, 15) is 13.2 Å². The zero-order chi connectivity index (χ0) is 16.3. The highest BCUT2D eigenvalue weighted by Crippen LogP contribution is 2.48. The van der Waals surface area contributed by atoms with Crippen molar-refractivity contribution < 1.29 is 42.2 Å². The molecule has 3 rings (SSSR count). The Morgan fingerprint density at radius 3 is 2.43 bits per heavy atom. The van der Waals surface area contributed by atoms with Crippen LogP contribution in [0.5, 0.6) is 0 Å². The molecule has 0 aliphatic carbocycles. The summed E-state index contributed by atoms with van der Waals surface area (Å²) in [5.74, 6) is -2.91. The van der Waals surface area contributed by atoms with Crippen LogP contribution in [0.4, 0.5) is 13.2 Å². The first-order valence-corrected chi connectivity index (χ1v) is 7.06. The summed E-state index contributed by atoms with van der Waals surface area (Å²) in [7, 11) is 0. The number of hydrogen-bond donors (Lipinski definition) is 0. The highest BCUT2D eigenvalue weighted by Gasteiger charge is 2.65. The summed E-state index contributed by atoms with van der Waals surface area (Å²) in [5, 5.41) is 0. The highest BCUT2D eigenvalue weighted by atomic mass is 19.4. The molecule has 3 atom stereocenters. The molecule has 1 aromatic carbocycles. The van der Waals surface area contributed by atoms with Gasteiger partial charge in [-0.05, 0) is 6.42 Å². The van der Waals surface area contributed by atoms with Crippen LogP contribution < -0.4 is 0 Å². The molecule has 0 spiro atoms. The third-order valence-corrected chi connectivity index (χ3v) is 3.45. The van der Waals surface area contributed by atoms with Gasteiger partial charge in [0.25, 0.3) is 0 Å². The van der Waals surface area contributed by atoms with Crippen molar-refractivity contribution in [1.29, 1.82) is 0 Å². The normalized spacial score (nSPS) is 31.6. The second-order valence-corrected chi connectivity index (χ2v) is 5.07. The van der Waals surface area contributed by atoms with Gasteiger partial charge in [-0.3, -0.25) is 0 Å². The zero-order valence-corrected chi connectivity index (χ0v) is 12.0. The van der Waals surface area contributed by atoms with E-state index in [0.29, 0.717) is 12.8 Å². The van der Waals surface area contributed by atoms with Gasteiger partial charge < -0.3 is 9.47 Å². The Labute approximate surface area is 129 Å². The smallest absolute Gasteiger partial charge is 0.320 e. The minimum Gasteiger partial charge on any atom is -0.320 e. The quantitative estimate of drug-likeness (QED) is 0.770. The molecule has 23 heavy (non-hydrogen) atoms. The minimum atomic E-state index is -4.78. The highest BCUT2D eigenvalue weighted by molar-refractivity contribution is 5.22. The summed E-state index contributed by atoms with van der Waals surface area (Å²) in [6.45, 7) is 0.0371. The molecular formula is C14H15F3O6. The van der Waals surface area contributed by atoms with Gasteiger partial charge in [-0.15, -0.1) is 0 Å². The van der Waals surface area contributed by atoms with Gasteiger partial charge in [-0.25, -0.2) is 14.7 Å². The molecule has 0 saturated carbocycles. The van der Waals surface area contributed by atoms with Crippen LogP contribution in [0.15, 0.2) is 30.3 Å². The Hall–Kier alpha value is -1.23. The van der Waals surface area contributed by atoms with Crippen molar-refractivity contribution in [3.63, 3.8) is 0 Å².